The van der Waals surface area contributed by atoms with Gasteiger partial charge in [0.05, 0.1) is 0 Å². The summed E-state index contributed by atoms with van der Waals surface area (Å²) in [4.78, 5) is 19.1. The van der Waals surface area contributed by atoms with Crippen LogP contribution in [0.3, 0.4) is 0 Å². The monoisotopic (exact) mass is 976 g/mol. The first-order valence-electron chi connectivity index (χ1n) is 12.8. The van der Waals surface area contributed by atoms with Gasteiger partial charge in [0.15, 0.2) is 0 Å². The number of aliphatic carboxylic acids is 2. The van der Waals surface area contributed by atoms with Crippen LogP contribution >= 0.6 is 25.3 Å². The Bertz CT molecular complexity index is 1310. The van der Waals surface area contributed by atoms with Crippen LogP contribution < -0.4 is 0 Å². The molecule has 4 nitrogen and oxygen atoms in total. The van der Waals surface area contributed by atoms with Crippen LogP contribution in [0.4, 0.5) is 132 Å². The molecule has 0 bridgehead atoms. The highest BCUT2D eigenvalue weighted by molar-refractivity contribution is 7.80. The van der Waals surface area contributed by atoms with Crippen molar-refractivity contribution in [3.63, 3.8) is 0 Å². The van der Waals surface area contributed by atoms with Gasteiger partial charge in [-0.1, -0.05) is 0 Å². The Balaban J connectivity index is -0.000000877. The van der Waals surface area contributed by atoms with E-state index in [1.54, 1.807) is 0 Å². The number of carboxylic acid groups (broad SMARTS) is 2. The summed E-state index contributed by atoms with van der Waals surface area (Å²) in [5.41, 5.74) is 0. The van der Waals surface area contributed by atoms with Crippen LogP contribution in [0.25, 0.3) is 0 Å². The first-order chi connectivity index (χ1) is 24.7. The smallest absolute Gasteiger partial charge is 0.460 e. The minimum Gasteiger partial charge on any atom is -0.478 e. The Labute approximate surface area is 309 Å². The molecular formula is C22H14F30O4S2. The van der Waals surface area contributed by atoms with E-state index in [4.69, 9.17) is 10.2 Å². The molecule has 0 aliphatic carbocycles. The van der Waals surface area contributed by atoms with Gasteiger partial charge in [0.1, 0.15) is 0 Å². The van der Waals surface area contributed by atoms with Gasteiger partial charge in [-0.3, -0.25) is 0 Å². The maximum Gasteiger partial charge on any atom is 0.460 e. The fraction of sp³-hybridized carbons (Fsp3) is 0.818. The second-order valence-electron chi connectivity index (χ2n) is 10.1. The summed E-state index contributed by atoms with van der Waals surface area (Å²) < 4.78 is 379. The van der Waals surface area contributed by atoms with E-state index >= 15 is 0 Å². The lowest BCUT2D eigenvalue weighted by Gasteiger charge is -2.41. The van der Waals surface area contributed by atoms with Gasteiger partial charge in [0.25, 0.3) is 0 Å². The summed E-state index contributed by atoms with van der Waals surface area (Å²) in [7, 11) is 0. The molecule has 0 aromatic carbocycles. The summed E-state index contributed by atoms with van der Waals surface area (Å²) in [5.74, 6) is -97.2. The fourth-order valence-electron chi connectivity index (χ4n) is 2.74. The normalized spacial score (nSPS) is 15.4. The van der Waals surface area contributed by atoms with Gasteiger partial charge in [0, 0.05) is 25.0 Å². The largest absolute Gasteiger partial charge is 0.478 e. The fourth-order valence-corrected chi connectivity index (χ4v) is 3.30. The molecule has 0 aliphatic heterocycles. The Kier molecular flexibility index (Phi) is 18.2. The van der Waals surface area contributed by atoms with E-state index in [1.165, 1.54) is 0 Å². The lowest BCUT2D eigenvalue weighted by atomic mass is 9.90. The third kappa shape index (κ3) is 10.4. The number of halogens is 30. The van der Waals surface area contributed by atoms with Crippen molar-refractivity contribution in [1.29, 1.82) is 0 Å². The molecule has 36 heteroatoms. The summed E-state index contributed by atoms with van der Waals surface area (Å²) in [6.07, 6.45) is -18.9. The van der Waals surface area contributed by atoms with Crippen molar-refractivity contribution in [3.8, 4) is 0 Å². The molecule has 0 rings (SSSR count). The van der Waals surface area contributed by atoms with E-state index in [1.807, 2.05) is 0 Å². The number of thiol groups is 2. The average Bonchev–Trinajstić information content (AvgIpc) is 2.98. The molecule has 0 saturated carbocycles. The predicted octanol–water partition coefficient (Wildman–Crippen LogP) is 11.1. The van der Waals surface area contributed by atoms with Crippen LogP contribution in [0.1, 0.15) is 12.8 Å². The van der Waals surface area contributed by atoms with Gasteiger partial charge in [-0.05, 0) is 11.5 Å². The van der Waals surface area contributed by atoms with Crippen molar-refractivity contribution in [2.45, 2.75) is 96.3 Å². The summed E-state index contributed by atoms with van der Waals surface area (Å²) in [5, 5.41) is 15.6. The number of carboxylic acids is 2. The second-order valence-corrected chi connectivity index (χ2v) is 11.0. The van der Waals surface area contributed by atoms with Crippen LogP contribution in [0.2, 0.25) is 0 Å². The van der Waals surface area contributed by atoms with Crippen molar-refractivity contribution in [3.05, 3.63) is 12.2 Å². The average molecular weight is 976 g/mol. The Morgan fingerprint density at radius 1 is 0.328 bits per heavy atom. The number of alkyl halides is 30. The van der Waals surface area contributed by atoms with E-state index < -0.39 is 120 Å². The highest BCUT2D eigenvalue weighted by atomic mass is 32.1. The van der Waals surface area contributed by atoms with Crippen LogP contribution in [-0.4, -0.2) is 117 Å². The molecule has 0 saturated heterocycles. The number of hydrogen-bond acceptors (Lipinski definition) is 4. The van der Waals surface area contributed by atoms with Gasteiger partial charge in [-0.25, -0.2) is 9.59 Å². The third-order valence-electron chi connectivity index (χ3n) is 6.01. The molecule has 0 aromatic rings. The van der Waals surface area contributed by atoms with Crippen LogP contribution in [0.15, 0.2) is 12.2 Å². The topological polar surface area (TPSA) is 74.6 Å². The lowest BCUT2D eigenvalue weighted by molar-refractivity contribution is -0.452. The predicted molar refractivity (Wildman–Crippen MR) is 133 cm³/mol. The highest BCUT2D eigenvalue weighted by Crippen LogP contribution is 2.64. The molecule has 0 spiro atoms. The van der Waals surface area contributed by atoms with E-state index in [0.717, 1.165) is 0 Å². The second kappa shape index (κ2) is 17.7. The molecule has 2 N–H and O–H groups in total. The highest BCUT2D eigenvalue weighted by Gasteiger charge is 2.94. The minimum absolute atomic E-state index is 0.558. The molecule has 0 heterocycles. The van der Waals surface area contributed by atoms with E-state index in [0.29, 0.717) is 12.2 Å². The molecule has 0 atom stereocenters. The first-order valence-corrected chi connectivity index (χ1v) is 14.0. The molecule has 0 unspecified atom stereocenters. The molecular weight excluding hydrogens is 962 g/mol. The Hall–Kier alpha value is -2.72. The minimum atomic E-state index is -8.22. The molecule has 0 amide bonds. The number of hydrogen-bond donors (Lipinski definition) is 4. The molecule has 0 aromatic heterocycles. The first kappa shape index (κ1) is 59.6. The van der Waals surface area contributed by atoms with E-state index in [-0.39, 0.29) is 0 Å². The molecule has 0 fully saturated rings. The van der Waals surface area contributed by atoms with Crippen LogP contribution in [-0.2, 0) is 9.59 Å². The van der Waals surface area contributed by atoms with Gasteiger partial charge in [-0.2, -0.15) is 157 Å². The van der Waals surface area contributed by atoms with Crippen molar-refractivity contribution in [2.75, 3.05) is 11.5 Å². The van der Waals surface area contributed by atoms with Crippen molar-refractivity contribution >= 4 is 37.2 Å². The van der Waals surface area contributed by atoms with Crippen LogP contribution in [0, 0.1) is 0 Å². The van der Waals surface area contributed by atoms with Gasteiger partial charge >= 0.3 is 95.4 Å². The molecule has 0 radical (unpaired) electrons. The van der Waals surface area contributed by atoms with E-state index in [2.05, 4.69) is 25.3 Å². The third-order valence-corrected chi connectivity index (χ3v) is 6.45. The summed E-state index contributed by atoms with van der Waals surface area (Å²) in [6.45, 7) is 0. The Morgan fingerprint density at radius 3 is 0.621 bits per heavy atom. The zero-order valence-corrected chi connectivity index (χ0v) is 27.7. The molecule has 0 aliphatic rings. The lowest BCUT2D eigenvalue weighted by Crippen LogP contribution is -2.72. The zero-order chi connectivity index (χ0) is 48.4. The maximum absolute atomic E-state index is 13.0. The Morgan fingerprint density at radius 2 is 0.483 bits per heavy atom. The maximum atomic E-state index is 13.0. The van der Waals surface area contributed by atoms with Gasteiger partial charge in [0.2, 0.25) is 0 Å². The summed E-state index contributed by atoms with van der Waals surface area (Å²) >= 11 is 5.78. The van der Waals surface area contributed by atoms with Crippen molar-refractivity contribution in [2.24, 2.45) is 0 Å². The van der Waals surface area contributed by atoms with Crippen LogP contribution in [0.5, 0.6) is 0 Å². The summed E-state index contributed by atoms with van der Waals surface area (Å²) in [6, 6.07) is 0. The van der Waals surface area contributed by atoms with E-state index in [9.17, 15) is 141 Å². The SMILES string of the molecule is FC(F)(F)C(F)(F)C(F)(F)C(F)(F)C(F)(F)C(F)(F)C(F)(F)CCS.FC(F)(F)C(F)(F)C(F)(F)C(F)(F)C(F)(F)C(F)(F)C(F)(F)CCS.O=C(O)/C=C/C(=O)O. The zero-order valence-electron chi connectivity index (χ0n) is 25.9. The quantitative estimate of drug-likeness (QED) is 0.0706. The molecule has 58 heavy (non-hydrogen) atoms. The van der Waals surface area contributed by atoms with Crippen molar-refractivity contribution < 1.29 is 152 Å². The number of rotatable bonds is 16. The number of carbonyl (C=O) groups is 2. The molecule has 348 valence electrons. The van der Waals surface area contributed by atoms with Crippen molar-refractivity contribution in [1.82, 2.24) is 0 Å². The van der Waals surface area contributed by atoms with Gasteiger partial charge < -0.3 is 10.2 Å². The standard InChI is InChI=1S/2C9H5F15S.C4H4O4/c2*10-3(11,1-2-25)4(12,13)5(14,15)6(16,17)7(18,19)8(20,21)9(22,23)24;5-3(6)1-2-4(7)8/h2*25H,1-2H2;1-2H,(H,5,6)(H,7,8)/b;;2-1+. The van der Waals surface area contributed by atoms with Gasteiger partial charge in [-0.15, -0.1) is 0 Å².